The third kappa shape index (κ3) is 4.35. The Morgan fingerprint density at radius 1 is 1.29 bits per heavy atom. The molecule has 1 atom stereocenters. The Labute approximate surface area is 125 Å². The number of benzene rings is 1. The molecule has 116 valence electrons. The quantitative estimate of drug-likeness (QED) is 0.869. The second-order valence-electron chi connectivity index (χ2n) is 5.03. The average molecular weight is 321 g/mol. The van der Waals surface area contributed by atoms with Gasteiger partial charge in [0.15, 0.2) is 0 Å². The molecule has 2 N–H and O–H groups in total. The van der Waals surface area contributed by atoms with Crippen molar-refractivity contribution in [2.24, 2.45) is 0 Å². The molecular weight excluding hydrogens is 305 g/mol. The molecule has 0 radical (unpaired) electrons. The lowest BCUT2D eigenvalue weighted by molar-refractivity contribution is -0.137. The molecule has 1 aromatic rings. The van der Waals surface area contributed by atoms with Gasteiger partial charge in [0.1, 0.15) is 0 Å². The van der Waals surface area contributed by atoms with E-state index in [2.05, 4.69) is 10.6 Å². The van der Waals surface area contributed by atoms with Crippen LogP contribution in [-0.4, -0.2) is 18.5 Å². The molecular formula is C14H16ClF3N2O. The predicted octanol–water partition coefficient (Wildman–Crippen LogP) is 3.83. The largest absolute Gasteiger partial charge is 0.418 e. The van der Waals surface area contributed by atoms with Crippen molar-refractivity contribution in [3.05, 3.63) is 28.8 Å². The van der Waals surface area contributed by atoms with Crippen LogP contribution in [0.3, 0.4) is 0 Å². The SMILES string of the molecule is O=C(Nc1ccc(Cl)cc1C(F)(F)F)C1CCCCCN1. The second kappa shape index (κ2) is 6.66. The van der Waals surface area contributed by atoms with Crippen LogP contribution >= 0.6 is 11.6 Å². The van der Waals surface area contributed by atoms with Crippen LogP contribution in [0.2, 0.25) is 5.02 Å². The molecule has 0 aromatic heterocycles. The van der Waals surface area contributed by atoms with E-state index in [1.807, 2.05) is 0 Å². The van der Waals surface area contributed by atoms with Crippen molar-refractivity contribution in [1.82, 2.24) is 5.32 Å². The first kappa shape index (κ1) is 16.1. The van der Waals surface area contributed by atoms with Crippen LogP contribution in [0.4, 0.5) is 18.9 Å². The molecule has 1 aromatic carbocycles. The van der Waals surface area contributed by atoms with Crippen LogP contribution in [0.15, 0.2) is 18.2 Å². The number of carbonyl (C=O) groups excluding carboxylic acids is 1. The van der Waals surface area contributed by atoms with Gasteiger partial charge in [0.25, 0.3) is 0 Å². The Kier molecular flexibility index (Phi) is 5.11. The summed E-state index contributed by atoms with van der Waals surface area (Å²) in [7, 11) is 0. The Balaban J connectivity index is 2.17. The van der Waals surface area contributed by atoms with E-state index in [1.54, 1.807) is 0 Å². The zero-order valence-electron chi connectivity index (χ0n) is 11.3. The van der Waals surface area contributed by atoms with Crippen LogP contribution in [0.25, 0.3) is 0 Å². The summed E-state index contributed by atoms with van der Waals surface area (Å²) in [6.45, 7) is 0.699. The summed E-state index contributed by atoms with van der Waals surface area (Å²) in [4.78, 5) is 12.1. The maximum absolute atomic E-state index is 13.0. The van der Waals surface area contributed by atoms with Crippen molar-refractivity contribution in [3.63, 3.8) is 0 Å². The monoisotopic (exact) mass is 320 g/mol. The zero-order chi connectivity index (χ0) is 15.5. The van der Waals surface area contributed by atoms with Crippen LogP contribution < -0.4 is 10.6 Å². The van der Waals surface area contributed by atoms with Crippen molar-refractivity contribution < 1.29 is 18.0 Å². The second-order valence-corrected chi connectivity index (χ2v) is 5.47. The van der Waals surface area contributed by atoms with Gasteiger partial charge in [-0.05, 0) is 37.6 Å². The molecule has 1 aliphatic heterocycles. The number of hydrogen-bond acceptors (Lipinski definition) is 2. The predicted molar refractivity (Wildman–Crippen MR) is 75.3 cm³/mol. The number of hydrogen-bond donors (Lipinski definition) is 2. The molecule has 1 amide bonds. The van der Waals surface area contributed by atoms with E-state index in [0.29, 0.717) is 13.0 Å². The highest BCUT2D eigenvalue weighted by Gasteiger charge is 2.34. The van der Waals surface area contributed by atoms with E-state index < -0.39 is 23.7 Å². The van der Waals surface area contributed by atoms with Crippen LogP contribution in [0.5, 0.6) is 0 Å². The fourth-order valence-electron chi connectivity index (χ4n) is 2.33. The van der Waals surface area contributed by atoms with Gasteiger partial charge in [-0.1, -0.05) is 24.4 Å². The Morgan fingerprint density at radius 2 is 2.05 bits per heavy atom. The van der Waals surface area contributed by atoms with Gasteiger partial charge in [-0.25, -0.2) is 0 Å². The molecule has 2 rings (SSSR count). The fourth-order valence-corrected chi connectivity index (χ4v) is 2.50. The van der Waals surface area contributed by atoms with Crippen molar-refractivity contribution in [3.8, 4) is 0 Å². The van der Waals surface area contributed by atoms with E-state index in [1.165, 1.54) is 12.1 Å². The number of rotatable bonds is 2. The minimum atomic E-state index is -4.57. The lowest BCUT2D eigenvalue weighted by Crippen LogP contribution is -2.40. The highest BCUT2D eigenvalue weighted by molar-refractivity contribution is 6.30. The molecule has 1 saturated heterocycles. The molecule has 0 bridgehead atoms. The Morgan fingerprint density at radius 3 is 2.76 bits per heavy atom. The fraction of sp³-hybridized carbons (Fsp3) is 0.500. The summed E-state index contributed by atoms with van der Waals surface area (Å²) in [5.41, 5.74) is -1.19. The third-order valence-electron chi connectivity index (χ3n) is 3.42. The number of alkyl halides is 3. The summed E-state index contributed by atoms with van der Waals surface area (Å²) >= 11 is 5.60. The number of amides is 1. The van der Waals surface area contributed by atoms with Gasteiger partial charge in [-0.15, -0.1) is 0 Å². The highest BCUT2D eigenvalue weighted by atomic mass is 35.5. The zero-order valence-corrected chi connectivity index (χ0v) is 12.0. The lowest BCUT2D eigenvalue weighted by atomic mass is 10.1. The summed E-state index contributed by atoms with van der Waals surface area (Å²) < 4.78 is 38.9. The summed E-state index contributed by atoms with van der Waals surface area (Å²) in [5.74, 6) is -0.440. The molecule has 0 spiro atoms. The molecule has 21 heavy (non-hydrogen) atoms. The van der Waals surface area contributed by atoms with Gasteiger partial charge in [0.05, 0.1) is 17.3 Å². The van der Waals surface area contributed by atoms with Crippen LogP contribution in [0, 0.1) is 0 Å². The first-order chi connectivity index (χ1) is 9.88. The Hall–Kier alpha value is -1.27. The van der Waals surface area contributed by atoms with Crippen molar-refractivity contribution >= 4 is 23.2 Å². The standard InChI is InChI=1S/C14H16ClF3N2O/c15-9-5-6-11(10(8-9)14(16,17)18)20-13(21)12-4-2-1-3-7-19-12/h5-6,8,12,19H,1-4,7H2,(H,20,21). The highest BCUT2D eigenvalue weighted by Crippen LogP contribution is 2.36. The van der Waals surface area contributed by atoms with E-state index >= 15 is 0 Å². The molecule has 0 aliphatic carbocycles. The number of halogens is 4. The van der Waals surface area contributed by atoms with Crippen molar-refractivity contribution in [2.45, 2.75) is 37.9 Å². The van der Waals surface area contributed by atoms with Gasteiger partial charge in [0.2, 0.25) is 5.91 Å². The topological polar surface area (TPSA) is 41.1 Å². The molecule has 3 nitrogen and oxygen atoms in total. The maximum Gasteiger partial charge on any atom is 0.418 e. The van der Waals surface area contributed by atoms with E-state index in [4.69, 9.17) is 11.6 Å². The maximum atomic E-state index is 13.0. The van der Waals surface area contributed by atoms with Gasteiger partial charge in [-0.2, -0.15) is 13.2 Å². The lowest BCUT2D eigenvalue weighted by Gasteiger charge is -2.18. The van der Waals surface area contributed by atoms with Gasteiger partial charge >= 0.3 is 6.18 Å². The summed E-state index contributed by atoms with van der Waals surface area (Å²) in [6.07, 6.45) is -1.06. The van der Waals surface area contributed by atoms with Gasteiger partial charge in [0, 0.05) is 5.02 Å². The molecule has 1 unspecified atom stereocenters. The first-order valence-corrected chi connectivity index (χ1v) is 7.17. The minimum absolute atomic E-state index is 0.0204. The smallest absolute Gasteiger partial charge is 0.324 e. The van der Waals surface area contributed by atoms with Crippen molar-refractivity contribution in [2.75, 3.05) is 11.9 Å². The Bertz CT molecular complexity index is 511. The molecule has 0 saturated carbocycles. The normalized spacial score (nSPS) is 19.9. The van der Waals surface area contributed by atoms with Gasteiger partial charge < -0.3 is 10.6 Å². The number of carbonyl (C=O) groups is 1. The summed E-state index contributed by atoms with van der Waals surface area (Å²) in [5, 5.41) is 5.39. The van der Waals surface area contributed by atoms with Gasteiger partial charge in [-0.3, -0.25) is 4.79 Å². The summed E-state index contributed by atoms with van der Waals surface area (Å²) in [6, 6.07) is 2.87. The molecule has 7 heteroatoms. The molecule has 1 heterocycles. The first-order valence-electron chi connectivity index (χ1n) is 6.79. The van der Waals surface area contributed by atoms with E-state index in [0.717, 1.165) is 25.3 Å². The van der Waals surface area contributed by atoms with Crippen LogP contribution in [-0.2, 0) is 11.0 Å². The average Bonchev–Trinajstić information content (AvgIpc) is 2.68. The molecule has 1 fully saturated rings. The minimum Gasteiger partial charge on any atom is -0.324 e. The van der Waals surface area contributed by atoms with Crippen LogP contribution in [0.1, 0.15) is 31.2 Å². The number of anilines is 1. The van der Waals surface area contributed by atoms with E-state index in [-0.39, 0.29) is 10.7 Å². The molecule has 1 aliphatic rings. The van der Waals surface area contributed by atoms with Crippen molar-refractivity contribution in [1.29, 1.82) is 0 Å². The van der Waals surface area contributed by atoms with E-state index in [9.17, 15) is 18.0 Å². The third-order valence-corrected chi connectivity index (χ3v) is 3.66. The number of nitrogens with one attached hydrogen (secondary N) is 2.